The molecule has 0 heterocycles. The van der Waals surface area contributed by atoms with Crippen molar-refractivity contribution in [2.24, 2.45) is 0 Å². The summed E-state index contributed by atoms with van der Waals surface area (Å²) in [6.45, 7) is 4.63. The van der Waals surface area contributed by atoms with E-state index in [1.807, 2.05) is 21.1 Å². The molecule has 0 saturated heterocycles. The quantitative estimate of drug-likeness (QED) is 0.0211. The molecule has 0 spiro atoms. The highest BCUT2D eigenvalue weighted by atomic mass is 16.7. The number of carboxylic acid groups (broad SMARTS) is 1. The van der Waals surface area contributed by atoms with Crippen LogP contribution in [0.1, 0.15) is 271 Å². The average molecular weight is 1290 g/mol. The Kier molecular flexibility index (Phi) is 67.9. The molecule has 0 aromatic carbocycles. The Labute approximate surface area is 570 Å². The van der Waals surface area contributed by atoms with Crippen molar-refractivity contribution in [1.29, 1.82) is 0 Å². The molecule has 0 aliphatic heterocycles. The largest absolute Gasteiger partial charge is 0.477 e. The number of aliphatic carboxylic acids is 1. The van der Waals surface area contributed by atoms with E-state index in [9.17, 15) is 19.5 Å². The number of likely N-dealkylation sites (N-methyl/N-ethyl adjacent to an activating group) is 1. The Balaban J connectivity index is 4.18. The number of unbranched alkanes of at least 4 members (excludes halogenated alkanes) is 21. The van der Waals surface area contributed by atoms with Crippen LogP contribution in [0.15, 0.2) is 182 Å². The highest BCUT2D eigenvalue weighted by Gasteiger charge is 2.25. The van der Waals surface area contributed by atoms with Gasteiger partial charge < -0.3 is 28.5 Å². The first-order chi connectivity index (χ1) is 45.6. The number of allylic oxidation sites excluding steroid dienone is 30. The Morgan fingerprint density at radius 2 is 0.581 bits per heavy atom. The van der Waals surface area contributed by atoms with Crippen molar-refractivity contribution >= 4 is 17.9 Å². The van der Waals surface area contributed by atoms with Gasteiger partial charge in [0.1, 0.15) is 13.2 Å². The lowest BCUT2D eigenvalue weighted by Crippen LogP contribution is -2.40. The zero-order chi connectivity index (χ0) is 67.5. The van der Waals surface area contributed by atoms with Crippen molar-refractivity contribution < 1.29 is 42.9 Å². The van der Waals surface area contributed by atoms with Gasteiger partial charge in [-0.2, -0.15) is 0 Å². The lowest BCUT2D eigenvalue weighted by Gasteiger charge is -2.25. The fraction of sp³-hybridized carbons (Fsp3) is 0.607. The van der Waals surface area contributed by atoms with Gasteiger partial charge in [0, 0.05) is 12.8 Å². The number of nitrogens with zero attached hydrogens (tertiary/aromatic N) is 1. The fourth-order valence-electron chi connectivity index (χ4n) is 9.60. The molecule has 0 saturated carbocycles. The van der Waals surface area contributed by atoms with Crippen molar-refractivity contribution in [3.05, 3.63) is 182 Å². The van der Waals surface area contributed by atoms with Gasteiger partial charge in [-0.05, 0) is 135 Å². The second-order valence-electron chi connectivity index (χ2n) is 25.1. The zero-order valence-corrected chi connectivity index (χ0v) is 59.8. The summed E-state index contributed by atoms with van der Waals surface area (Å²) in [5.74, 6) is -2.03. The van der Waals surface area contributed by atoms with Crippen molar-refractivity contribution in [3.63, 3.8) is 0 Å². The minimum atomic E-state index is -1.53. The number of carbonyl (C=O) groups is 3. The van der Waals surface area contributed by atoms with E-state index in [-0.39, 0.29) is 38.6 Å². The Bertz CT molecular complexity index is 2190. The average Bonchev–Trinajstić information content (AvgIpc) is 3.74. The third kappa shape index (κ3) is 73.7. The molecule has 2 atom stereocenters. The van der Waals surface area contributed by atoms with Gasteiger partial charge in [-0.1, -0.05) is 305 Å². The van der Waals surface area contributed by atoms with Crippen molar-refractivity contribution in [2.75, 3.05) is 47.5 Å². The first-order valence-corrected chi connectivity index (χ1v) is 36.9. The molecule has 0 rings (SSSR count). The monoisotopic (exact) mass is 1290 g/mol. The topological polar surface area (TPSA) is 108 Å². The van der Waals surface area contributed by atoms with E-state index in [2.05, 4.69) is 196 Å². The molecular formula is C84H136NO8+. The number of hydrogen-bond donors (Lipinski definition) is 1. The molecule has 0 aromatic rings. The molecule has 2 unspecified atom stereocenters. The summed E-state index contributed by atoms with van der Waals surface area (Å²) < 4.78 is 23.0. The molecule has 0 aliphatic carbocycles. The van der Waals surface area contributed by atoms with Crippen LogP contribution in [0.5, 0.6) is 0 Å². The van der Waals surface area contributed by atoms with Crippen molar-refractivity contribution in [2.45, 2.75) is 283 Å². The van der Waals surface area contributed by atoms with Crippen LogP contribution in [0, 0.1) is 0 Å². The van der Waals surface area contributed by atoms with Gasteiger partial charge in [0.2, 0.25) is 0 Å². The molecule has 9 nitrogen and oxygen atoms in total. The summed E-state index contributed by atoms with van der Waals surface area (Å²) in [4.78, 5) is 37.7. The Hall–Kier alpha value is -5.61. The second kappa shape index (κ2) is 72.2. The molecule has 0 amide bonds. The van der Waals surface area contributed by atoms with E-state index in [4.69, 9.17) is 18.9 Å². The van der Waals surface area contributed by atoms with Crippen molar-refractivity contribution in [3.8, 4) is 0 Å². The SMILES string of the molecule is CC/C=C\C/C=C\C/C=C\C/C=C\C/C=C\C/C=C\C/C=C\C/C=C\C/C=C\CCCCCCCCCC(=O)OC(COC(=O)CCCCCCCCCCCCCCCC/C=C\C/C=C\C/C=C\C/C=C\C/C=C\C/C=C\CC)COC(OCC[N+](C)(C)C)C(=O)O. The molecule has 0 fully saturated rings. The summed E-state index contributed by atoms with van der Waals surface area (Å²) in [6, 6.07) is 0. The molecule has 524 valence electrons. The molecule has 0 aromatic heterocycles. The van der Waals surface area contributed by atoms with Crippen LogP contribution in [-0.4, -0.2) is 87.4 Å². The van der Waals surface area contributed by atoms with Gasteiger partial charge in [0.25, 0.3) is 6.29 Å². The summed E-state index contributed by atoms with van der Waals surface area (Å²) in [5, 5.41) is 9.76. The Morgan fingerprint density at radius 3 is 0.860 bits per heavy atom. The maximum Gasteiger partial charge on any atom is 0.361 e. The van der Waals surface area contributed by atoms with Crippen LogP contribution < -0.4 is 0 Å². The lowest BCUT2D eigenvalue weighted by atomic mass is 10.0. The Morgan fingerprint density at radius 1 is 0.323 bits per heavy atom. The van der Waals surface area contributed by atoms with Crippen molar-refractivity contribution in [1.82, 2.24) is 0 Å². The summed E-state index contributed by atoms with van der Waals surface area (Å²) in [5.41, 5.74) is 0. The first kappa shape index (κ1) is 87.4. The standard InChI is InChI=1S/C84H135NO8/c1-6-8-10-12-14-16-18-20-22-24-26-28-30-32-34-36-38-40-41-43-45-47-49-51-53-55-57-59-61-63-65-67-69-71-73-75-82(87)93-80(79-92-84(83(88)89)90-77-76-85(3,4)5)78-91-81(86)74-72-70-68-66-64-62-60-58-56-54-52-50-48-46-44-42-39-37-35-33-31-29-27-25-23-21-19-17-15-13-11-9-7-2/h8-11,14-17,20-23,26-29,32-35,38-40,42-43,45,49,51,55,57,80,84H,6-7,12-13,18-19,24-25,30-31,36-37,41,44,46-48,50,52-54,56,58-79H2,1-5H3/p+1/b10-8-,11-9-,16-14-,17-15-,22-20-,23-21-,28-26-,29-27-,34-32-,35-33-,40-38-,42-39-,45-43-,51-49-,57-55-. The maximum absolute atomic E-state index is 13.0. The van der Waals surface area contributed by atoms with E-state index < -0.39 is 24.3 Å². The van der Waals surface area contributed by atoms with E-state index in [1.54, 1.807) is 0 Å². The van der Waals surface area contributed by atoms with E-state index >= 15 is 0 Å². The maximum atomic E-state index is 13.0. The fourth-order valence-corrected chi connectivity index (χ4v) is 9.60. The number of carbonyl (C=O) groups excluding carboxylic acids is 2. The third-order valence-corrected chi connectivity index (χ3v) is 15.2. The number of rotatable bonds is 66. The van der Waals surface area contributed by atoms with Crippen LogP contribution in [0.4, 0.5) is 0 Å². The second-order valence-corrected chi connectivity index (χ2v) is 25.1. The zero-order valence-electron chi connectivity index (χ0n) is 59.8. The van der Waals surface area contributed by atoms with Gasteiger partial charge in [0.05, 0.1) is 34.4 Å². The molecule has 0 aliphatic rings. The van der Waals surface area contributed by atoms with Gasteiger partial charge in [0.15, 0.2) is 6.10 Å². The summed E-state index contributed by atoms with van der Waals surface area (Å²) in [7, 11) is 5.96. The first-order valence-electron chi connectivity index (χ1n) is 36.9. The minimum Gasteiger partial charge on any atom is -0.477 e. The minimum absolute atomic E-state index is 0.176. The molecule has 9 heteroatoms. The molecule has 93 heavy (non-hydrogen) atoms. The highest BCUT2D eigenvalue weighted by Crippen LogP contribution is 2.16. The number of quaternary nitrogens is 1. The normalized spacial score (nSPS) is 13.8. The highest BCUT2D eigenvalue weighted by molar-refractivity contribution is 5.71. The molecular weight excluding hydrogens is 1150 g/mol. The van der Waals surface area contributed by atoms with E-state index in [0.29, 0.717) is 17.4 Å². The third-order valence-electron chi connectivity index (χ3n) is 15.2. The number of esters is 2. The van der Waals surface area contributed by atoms with Crippen LogP contribution in [-0.2, 0) is 33.3 Å². The predicted molar refractivity (Wildman–Crippen MR) is 400 cm³/mol. The van der Waals surface area contributed by atoms with Gasteiger partial charge >= 0.3 is 17.9 Å². The smallest absolute Gasteiger partial charge is 0.361 e. The summed E-state index contributed by atoms with van der Waals surface area (Å²) >= 11 is 0. The van der Waals surface area contributed by atoms with Gasteiger partial charge in [-0.25, -0.2) is 4.79 Å². The van der Waals surface area contributed by atoms with Crippen LogP contribution in [0.2, 0.25) is 0 Å². The number of ether oxygens (including phenoxy) is 4. The molecule has 1 N–H and O–H groups in total. The number of hydrogen-bond acceptors (Lipinski definition) is 7. The van der Waals surface area contributed by atoms with E-state index in [1.165, 1.54) is 96.3 Å². The van der Waals surface area contributed by atoms with Crippen LogP contribution in [0.25, 0.3) is 0 Å². The van der Waals surface area contributed by atoms with Crippen LogP contribution in [0.3, 0.4) is 0 Å². The summed E-state index contributed by atoms with van der Waals surface area (Å²) in [6.07, 6.45) is 107. The van der Waals surface area contributed by atoms with Gasteiger partial charge in [-0.3, -0.25) is 9.59 Å². The number of carboxylic acids is 1. The predicted octanol–water partition coefficient (Wildman–Crippen LogP) is 23.6. The molecule has 0 radical (unpaired) electrons. The van der Waals surface area contributed by atoms with E-state index in [0.717, 1.165) is 141 Å². The molecule has 0 bridgehead atoms. The van der Waals surface area contributed by atoms with Gasteiger partial charge in [-0.15, -0.1) is 0 Å². The van der Waals surface area contributed by atoms with Crippen LogP contribution >= 0.6 is 0 Å². The lowest BCUT2D eigenvalue weighted by molar-refractivity contribution is -0.870.